The number of carboxylic acids is 4. The van der Waals surface area contributed by atoms with Gasteiger partial charge in [0.15, 0.2) is 11.6 Å². The van der Waals surface area contributed by atoms with Crippen molar-refractivity contribution >= 4 is 35.4 Å². The molecule has 4 bridgehead atoms. The highest BCUT2D eigenvalue weighted by atomic mass is 16.4. The minimum Gasteiger partial charge on any atom is -0.480 e. The van der Waals surface area contributed by atoms with Crippen molar-refractivity contribution in [2.24, 2.45) is 45.3 Å². The molecule has 0 unspecified atom stereocenters. The molecule has 4 aliphatic carbocycles. The van der Waals surface area contributed by atoms with Crippen molar-refractivity contribution in [2.45, 2.75) is 27.7 Å². The fraction of sp³-hybridized carbons (Fsp3) is 0.667. The molecule has 0 aliphatic heterocycles. The molecule has 10 heteroatoms. The van der Waals surface area contributed by atoms with Crippen molar-refractivity contribution in [2.75, 3.05) is 0 Å². The number of carboxylic acid groups (broad SMARTS) is 4. The second-order valence-corrected chi connectivity index (χ2v) is 8.24. The van der Waals surface area contributed by atoms with Gasteiger partial charge in [-0.05, 0) is 0 Å². The number of carbonyl (C=O) groups is 6. The van der Waals surface area contributed by atoms with Crippen molar-refractivity contribution in [1.29, 1.82) is 0 Å². The predicted molar refractivity (Wildman–Crippen MR) is 86.9 cm³/mol. The second-order valence-electron chi connectivity index (χ2n) is 8.24. The summed E-state index contributed by atoms with van der Waals surface area (Å²) in [7, 11) is 0. The first-order valence-electron chi connectivity index (χ1n) is 8.74. The maximum absolute atomic E-state index is 13.5. The van der Waals surface area contributed by atoms with Gasteiger partial charge in [0.25, 0.3) is 0 Å². The Kier molecular flexibility index (Phi) is 3.55. The molecule has 4 N–H and O–H groups in total. The largest absolute Gasteiger partial charge is 0.480 e. The van der Waals surface area contributed by atoms with Crippen LogP contribution in [-0.4, -0.2) is 55.9 Å². The number of ketones is 2. The summed E-state index contributed by atoms with van der Waals surface area (Å²) < 4.78 is 0. The minimum atomic E-state index is -2.64. The first-order valence-corrected chi connectivity index (χ1v) is 8.74. The summed E-state index contributed by atoms with van der Waals surface area (Å²) in [6, 6.07) is 0. The fourth-order valence-electron chi connectivity index (χ4n) is 7.06. The van der Waals surface area contributed by atoms with Crippen LogP contribution in [0.25, 0.3) is 0 Å². The summed E-state index contributed by atoms with van der Waals surface area (Å²) in [5.41, 5.74) is -10.5. The smallest absolute Gasteiger partial charge is 0.317 e. The molecule has 152 valence electrons. The standard InChI is InChI=1S/C18H20O10/c1-5-15(11(21)22)6(2)17(13(25)26)8(4)18(9(15)19,14(27)28)7(3)16(5,10(17)20)12(23)24/h5-8H,1-4H3,(H,21,22)(H,23,24)(H,25,26)(H,27,28). The zero-order valence-electron chi connectivity index (χ0n) is 15.5. The normalized spacial score (nSPS) is 49.1. The summed E-state index contributed by atoms with van der Waals surface area (Å²) in [6.07, 6.45) is 0. The van der Waals surface area contributed by atoms with Crippen molar-refractivity contribution in [3.8, 4) is 0 Å². The molecule has 0 saturated heterocycles. The number of carbonyl (C=O) groups excluding carboxylic acids is 2. The molecule has 4 fully saturated rings. The first-order chi connectivity index (χ1) is 12.7. The van der Waals surface area contributed by atoms with E-state index in [0.717, 1.165) is 27.7 Å². The summed E-state index contributed by atoms with van der Waals surface area (Å²) in [4.78, 5) is 76.6. The van der Waals surface area contributed by atoms with E-state index in [1.165, 1.54) is 0 Å². The SMILES string of the molecule is CC1C2(C(=O)O)C(=O)C3(C(=O)O)C(C)C1(C(=O)O)C(=O)C(C(=O)O)(C2C)C3C. The molecule has 0 aromatic carbocycles. The Hall–Kier alpha value is -2.78. The van der Waals surface area contributed by atoms with Gasteiger partial charge in [-0.3, -0.25) is 28.8 Å². The second kappa shape index (κ2) is 4.98. The van der Waals surface area contributed by atoms with Gasteiger partial charge in [-0.15, -0.1) is 0 Å². The third kappa shape index (κ3) is 1.32. The maximum atomic E-state index is 13.5. The Morgan fingerprint density at radius 1 is 0.536 bits per heavy atom. The molecule has 0 atom stereocenters. The van der Waals surface area contributed by atoms with Crippen LogP contribution in [0.1, 0.15) is 27.7 Å². The van der Waals surface area contributed by atoms with Crippen LogP contribution in [0.15, 0.2) is 0 Å². The number of aliphatic carboxylic acids is 4. The van der Waals surface area contributed by atoms with Crippen molar-refractivity contribution in [3.63, 3.8) is 0 Å². The summed E-state index contributed by atoms with van der Waals surface area (Å²) >= 11 is 0. The highest BCUT2D eigenvalue weighted by Crippen LogP contribution is 2.78. The monoisotopic (exact) mass is 396 g/mol. The lowest BCUT2D eigenvalue weighted by Gasteiger charge is -2.72. The Morgan fingerprint density at radius 3 is 0.786 bits per heavy atom. The summed E-state index contributed by atoms with van der Waals surface area (Å²) in [5.74, 6) is -16.3. The Labute approximate surface area is 158 Å². The van der Waals surface area contributed by atoms with E-state index in [0.29, 0.717) is 0 Å². The van der Waals surface area contributed by atoms with Crippen LogP contribution in [0.5, 0.6) is 0 Å². The third-order valence-corrected chi connectivity index (χ3v) is 8.38. The molecule has 10 nitrogen and oxygen atoms in total. The first kappa shape index (κ1) is 20.0. The maximum Gasteiger partial charge on any atom is 0.317 e. The zero-order valence-corrected chi connectivity index (χ0v) is 15.5. The van der Waals surface area contributed by atoms with E-state index < -0.39 is 80.8 Å². The van der Waals surface area contributed by atoms with Crippen LogP contribution in [-0.2, 0) is 28.8 Å². The lowest BCUT2D eigenvalue weighted by Crippen LogP contribution is -2.88. The van der Waals surface area contributed by atoms with Crippen LogP contribution in [0.3, 0.4) is 0 Å². The van der Waals surface area contributed by atoms with Crippen molar-refractivity contribution < 1.29 is 49.2 Å². The zero-order chi connectivity index (χ0) is 21.8. The van der Waals surface area contributed by atoms with Crippen LogP contribution < -0.4 is 0 Å². The molecule has 4 rings (SSSR count). The Bertz CT molecular complexity index is 727. The van der Waals surface area contributed by atoms with Gasteiger partial charge in [0, 0.05) is 23.7 Å². The number of Topliss-reactive ketones (excluding diaryl/α,β-unsaturated/α-hetero) is 2. The predicted octanol–water partition coefficient (Wildman–Crippen LogP) is -0.00620. The van der Waals surface area contributed by atoms with E-state index in [9.17, 15) is 49.2 Å². The number of hydrogen-bond acceptors (Lipinski definition) is 6. The van der Waals surface area contributed by atoms with E-state index >= 15 is 0 Å². The summed E-state index contributed by atoms with van der Waals surface area (Å²) in [5, 5.41) is 40.1. The molecule has 0 aromatic heterocycles. The Morgan fingerprint density at radius 2 is 0.679 bits per heavy atom. The van der Waals surface area contributed by atoms with Gasteiger partial charge in [0.1, 0.15) is 21.7 Å². The van der Waals surface area contributed by atoms with E-state index in [1.54, 1.807) is 0 Å². The van der Waals surface area contributed by atoms with Gasteiger partial charge in [0.05, 0.1) is 0 Å². The van der Waals surface area contributed by atoms with Gasteiger partial charge in [-0.1, -0.05) is 27.7 Å². The molecule has 4 aliphatic rings. The molecule has 28 heavy (non-hydrogen) atoms. The molecule has 4 saturated carbocycles. The number of hydrogen-bond donors (Lipinski definition) is 4. The molecule has 0 spiro atoms. The van der Waals surface area contributed by atoms with Crippen molar-refractivity contribution in [1.82, 2.24) is 0 Å². The summed E-state index contributed by atoms with van der Waals surface area (Å²) in [6.45, 7) is 4.44. The van der Waals surface area contributed by atoms with Gasteiger partial charge in [-0.25, -0.2) is 0 Å². The van der Waals surface area contributed by atoms with Crippen molar-refractivity contribution in [3.05, 3.63) is 0 Å². The van der Waals surface area contributed by atoms with E-state index in [4.69, 9.17) is 0 Å². The van der Waals surface area contributed by atoms with Gasteiger partial charge in [0.2, 0.25) is 0 Å². The minimum absolute atomic E-state index is 1.11. The Balaban J connectivity index is 2.66. The molecule has 0 amide bonds. The van der Waals surface area contributed by atoms with Crippen LogP contribution in [0, 0.1) is 45.3 Å². The third-order valence-electron chi connectivity index (χ3n) is 8.38. The highest BCUT2D eigenvalue weighted by Gasteiger charge is 2.93. The lowest BCUT2D eigenvalue weighted by molar-refractivity contribution is -0.263. The quantitative estimate of drug-likeness (QED) is 0.471. The van der Waals surface area contributed by atoms with Gasteiger partial charge in [-0.2, -0.15) is 0 Å². The van der Waals surface area contributed by atoms with Crippen LogP contribution in [0.2, 0.25) is 0 Å². The van der Waals surface area contributed by atoms with E-state index in [1.807, 2.05) is 0 Å². The molecule has 0 radical (unpaired) electrons. The van der Waals surface area contributed by atoms with Gasteiger partial charge < -0.3 is 20.4 Å². The number of rotatable bonds is 4. The highest BCUT2D eigenvalue weighted by molar-refractivity contribution is 6.28. The van der Waals surface area contributed by atoms with Crippen LogP contribution >= 0.6 is 0 Å². The molecular weight excluding hydrogens is 376 g/mol. The molecule has 0 heterocycles. The molecule has 0 aromatic rings. The molecular formula is C18H20O10. The van der Waals surface area contributed by atoms with Crippen LogP contribution in [0.4, 0.5) is 0 Å². The topological polar surface area (TPSA) is 183 Å². The lowest BCUT2D eigenvalue weighted by atomic mass is 9.23. The fourth-order valence-corrected chi connectivity index (χ4v) is 7.06. The average Bonchev–Trinajstić information content (AvgIpc) is 2.53. The average molecular weight is 396 g/mol. The van der Waals surface area contributed by atoms with Gasteiger partial charge >= 0.3 is 23.9 Å². The van der Waals surface area contributed by atoms with E-state index in [-0.39, 0.29) is 0 Å². The van der Waals surface area contributed by atoms with E-state index in [2.05, 4.69) is 0 Å².